The summed E-state index contributed by atoms with van der Waals surface area (Å²) in [5.74, 6) is -0.917. The van der Waals surface area contributed by atoms with Gasteiger partial charge in [0.15, 0.2) is 0 Å². The van der Waals surface area contributed by atoms with Gasteiger partial charge in [0, 0.05) is 32.7 Å². The molecule has 3 rings (SSSR count). The Morgan fingerprint density at radius 3 is 2.32 bits per heavy atom. The van der Waals surface area contributed by atoms with Crippen molar-refractivity contribution in [1.82, 2.24) is 9.80 Å². The van der Waals surface area contributed by atoms with E-state index in [0.717, 1.165) is 25.4 Å². The van der Waals surface area contributed by atoms with Crippen LogP contribution >= 0.6 is 0 Å². The molecule has 1 N–H and O–H groups in total. The van der Waals surface area contributed by atoms with Gasteiger partial charge >= 0.3 is 5.97 Å². The van der Waals surface area contributed by atoms with E-state index >= 15 is 0 Å². The molecule has 0 bridgehead atoms. The van der Waals surface area contributed by atoms with E-state index in [1.165, 1.54) is 0 Å². The number of carboxylic acids is 1. The summed E-state index contributed by atoms with van der Waals surface area (Å²) in [6.45, 7) is 8.09. The van der Waals surface area contributed by atoms with E-state index in [9.17, 15) is 14.7 Å². The molecule has 1 saturated carbocycles. The Bertz CT molecular complexity index is 624. The smallest absolute Gasteiger partial charge is 0.307 e. The van der Waals surface area contributed by atoms with Gasteiger partial charge in [-0.15, -0.1) is 0 Å². The minimum absolute atomic E-state index is 0.00224. The van der Waals surface area contributed by atoms with Crippen molar-refractivity contribution >= 4 is 11.9 Å². The Balaban J connectivity index is 1.41. The van der Waals surface area contributed by atoms with Crippen LogP contribution in [0, 0.1) is 17.3 Å². The molecule has 1 aliphatic heterocycles. The molecule has 1 aliphatic carbocycles. The Kier molecular flexibility index (Phi) is 4.99. The second kappa shape index (κ2) is 7.04. The highest BCUT2D eigenvalue weighted by atomic mass is 16.5. The van der Waals surface area contributed by atoms with Crippen LogP contribution in [0.25, 0.3) is 0 Å². The van der Waals surface area contributed by atoms with Crippen LogP contribution in [0.1, 0.15) is 13.8 Å². The van der Waals surface area contributed by atoms with E-state index in [1.807, 2.05) is 49.1 Å². The number of ether oxygens (including phenoxy) is 1. The average molecular weight is 346 g/mol. The molecule has 1 amide bonds. The third-order valence-electron chi connectivity index (χ3n) is 5.46. The summed E-state index contributed by atoms with van der Waals surface area (Å²) in [5, 5.41) is 9.25. The number of hydrogen-bond donors (Lipinski definition) is 1. The van der Waals surface area contributed by atoms with E-state index in [2.05, 4.69) is 4.90 Å². The fourth-order valence-electron chi connectivity index (χ4n) is 3.76. The first-order valence-corrected chi connectivity index (χ1v) is 8.83. The number of benzene rings is 1. The van der Waals surface area contributed by atoms with Gasteiger partial charge in [0.1, 0.15) is 12.4 Å². The number of rotatable bonds is 6. The van der Waals surface area contributed by atoms with Crippen LogP contribution in [0.15, 0.2) is 30.3 Å². The fraction of sp³-hybridized carbons (Fsp3) is 0.579. The SMILES string of the molecule is CC1(C)[C@@H](C(=O)O)[C@@H]1C(=O)N1CCN(CCOc2ccccc2)CC1. The van der Waals surface area contributed by atoms with Gasteiger partial charge in [-0.1, -0.05) is 32.0 Å². The molecule has 2 atom stereocenters. The third-order valence-corrected chi connectivity index (χ3v) is 5.46. The second-order valence-corrected chi connectivity index (χ2v) is 7.44. The number of hydrogen-bond acceptors (Lipinski definition) is 4. The van der Waals surface area contributed by atoms with Crippen molar-refractivity contribution in [3.63, 3.8) is 0 Å². The minimum atomic E-state index is -0.861. The van der Waals surface area contributed by atoms with E-state index in [-0.39, 0.29) is 11.8 Å². The zero-order valence-electron chi connectivity index (χ0n) is 14.9. The predicted molar refractivity (Wildman–Crippen MR) is 93.4 cm³/mol. The predicted octanol–water partition coefficient (Wildman–Crippen LogP) is 1.57. The molecular weight excluding hydrogens is 320 g/mol. The molecule has 136 valence electrons. The Morgan fingerprint density at radius 2 is 1.76 bits per heavy atom. The number of carbonyl (C=O) groups is 2. The maximum atomic E-state index is 12.6. The van der Waals surface area contributed by atoms with E-state index < -0.39 is 17.3 Å². The first-order chi connectivity index (χ1) is 11.9. The molecule has 1 aromatic carbocycles. The normalized spacial score (nSPS) is 25.4. The van der Waals surface area contributed by atoms with E-state index in [1.54, 1.807) is 0 Å². The van der Waals surface area contributed by atoms with E-state index in [0.29, 0.717) is 19.7 Å². The van der Waals surface area contributed by atoms with Crippen LogP contribution in [0.3, 0.4) is 0 Å². The highest BCUT2D eigenvalue weighted by molar-refractivity contribution is 5.91. The van der Waals surface area contributed by atoms with Crippen LogP contribution in [0.4, 0.5) is 0 Å². The van der Waals surface area contributed by atoms with Crippen LogP contribution in [-0.4, -0.2) is 66.1 Å². The molecule has 0 aromatic heterocycles. The molecule has 0 unspecified atom stereocenters. The third kappa shape index (κ3) is 3.79. The standard InChI is InChI=1S/C19H26N2O4/c1-19(2)15(16(19)18(23)24)17(22)21-10-8-20(9-11-21)12-13-25-14-6-4-3-5-7-14/h3-7,15-16H,8-13H2,1-2H3,(H,23,24)/t15-,16-/m1/s1. The topological polar surface area (TPSA) is 70.1 Å². The summed E-state index contributed by atoms with van der Waals surface area (Å²) in [6, 6.07) is 9.73. The Hall–Kier alpha value is -2.08. The average Bonchev–Trinajstić information content (AvgIpc) is 3.18. The van der Waals surface area contributed by atoms with Gasteiger partial charge in [-0.2, -0.15) is 0 Å². The van der Waals surface area contributed by atoms with Crippen LogP contribution < -0.4 is 4.74 Å². The van der Waals surface area contributed by atoms with Gasteiger partial charge in [0.05, 0.1) is 11.8 Å². The molecule has 0 radical (unpaired) electrons. The number of nitrogens with zero attached hydrogens (tertiary/aromatic N) is 2. The van der Waals surface area contributed by atoms with Gasteiger partial charge in [-0.25, -0.2) is 0 Å². The molecule has 6 nitrogen and oxygen atoms in total. The monoisotopic (exact) mass is 346 g/mol. The lowest BCUT2D eigenvalue weighted by Gasteiger charge is -2.35. The largest absolute Gasteiger partial charge is 0.492 e. The Morgan fingerprint density at radius 1 is 1.12 bits per heavy atom. The number of carbonyl (C=O) groups excluding carboxylic acids is 1. The summed E-state index contributed by atoms with van der Waals surface area (Å²) in [6.07, 6.45) is 0. The quantitative estimate of drug-likeness (QED) is 0.847. The molecule has 25 heavy (non-hydrogen) atoms. The summed E-state index contributed by atoms with van der Waals surface area (Å²) in [5.41, 5.74) is -0.427. The lowest BCUT2D eigenvalue weighted by atomic mass is 10.1. The minimum Gasteiger partial charge on any atom is -0.492 e. The van der Waals surface area contributed by atoms with Crippen molar-refractivity contribution in [2.75, 3.05) is 39.3 Å². The number of amides is 1. The highest BCUT2D eigenvalue weighted by Gasteiger charge is 2.66. The summed E-state index contributed by atoms with van der Waals surface area (Å²) in [7, 11) is 0. The van der Waals surface area contributed by atoms with Gasteiger partial charge in [-0.3, -0.25) is 14.5 Å². The van der Waals surface area contributed by atoms with Gasteiger partial charge < -0.3 is 14.7 Å². The number of piperazine rings is 1. The molecule has 2 aliphatic rings. The number of aliphatic carboxylic acids is 1. The molecule has 1 saturated heterocycles. The van der Waals surface area contributed by atoms with Gasteiger partial charge in [0.2, 0.25) is 5.91 Å². The van der Waals surface area contributed by atoms with Crippen molar-refractivity contribution in [1.29, 1.82) is 0 Å². The first-order valence-electron chi connectivity index (χ1n) is 8.83. The number of para-hydroxylation sites is 1. The number of carboxylic acid groups (broad SMARTS) is 1. The second-order valence-electron chi connectivity index (χ2n) is 7.44. The van der Waals surface area contributed by atoms with Crippen molar-refractivity contribution in [2.45, 2.75) is 13.8 Å². The Labute approximate surface area is 148 Å². The van der Waals surface area contributed by atoms with E-state index in [4.69, 9.17) is 4.74 Å². The molecule has 0 spiro atoms. The lowest BCUT2D eigenvalue weighted by molar-refractivity contribution is -0.142. The van der Waals surface area contributed by atoms with Gasteiger partial charge in [-0.05, 0) is 17.5 Å². The molecule has 1 aromatic rings. The van der Waals surface area contributed by atoms with Gasteiger partial charge in [0.25, 0.3) is 0 Å². The summed E-state index contributed by atoms with van der Waals surface area (Å²) >= 11 is 0. The van der Waals surface area contributed by atoms with Crippen molar-refractivity contribution in [3.8, 4) is 5.75 Å². The summed E-state index contributed by atoms with van der Waals surface area (Å²) in [4.78, 5) is 28.0. The van der Waals surface area contributed by atoms with Crippen LogP contribution in [0.5, 0.6) is 5.75 Å². The first kappa shape index (κ1) is 17.7. The van der Waals surface area contributed by atoms with Crippen molar-refractivity contribution < 1.29 is 19.4 Å². The van der Waals surface area contributed by atoms with Crippen molar-refractivity contribution in [3.05, 3.63) is 30.3 Å². The van der Waals surface area contributed by atoms with Crippen LogP contribution in [-0.2, 0) is 9.59 Å². The molecular formula is C19H26N2O4. The maximum absolute atomic E-state index is 12.6. The molecule has 2 fully saturated rings. The zero-order valence-corrected chi connectivity index (χ0v) is 14.9. The highest BCUT2D eigenvalue weighted by Crippen LogP contribution is 2.59. The molecule has 6 heteroatoms. The molecule has 1 heterocycles. The van der Waals surface area contributed by atoms with Crippen LogP contribution in [0.2, 0.25) is 0 Å². The fourth-order valence-corrected chi connectivity index (χ4v) is 3.76. The zero-order chi connectivity index (χ0) is 18.0. The van der Waals surface area contributed by atoms with Crippen molar-refractivity contribution in [2.24, 2.45) is 17.3 Å². The maximum Gasteiger partial charge on any atom is 0.307 e. The summed E-state index contributed by atoms with van der Waals surface area (Å²) < 4.78 is 5.71. The lowest BCUT2D eigenvalue weighted by Crippen LogP contribution is -2.50.